The molecule has 1 unspecified atom stereocenters. The summed E-state index contributed by atoms with van der Waals surface area (Å²) in [6.07, 6.45) is 4.07. The number of fused-ring (bicyclic) bond motifs is 3. The largest absolute Gasteiger partial charge is 0.507 e. The number of Topliss-reactive ketones (excluding diaryl/α,β-unsaturated/α-hetero) is 3. The van der Waals surface area contributed by atoms with Gasteiger partial charge in [0.15, 0.2) is 11.6 Å². The van der Waals surface area contributed by atoms with E-state index >= 15 is 0 Å². The van der Waals surface area contributed by atoms with Crippen LogP contribution >= 0.6 is 0 Å². The number of allylic oxidation sites excluding steroid dienone is 4. The van der Waals surface area contributed by atoms with E-state index < -0.39 is 35.7 Å². The smallest absolute Gasteiger partial charge is 0.309 e. The first kappa shape index (κ1) is 29.5. The van der Waals surface area contributed by atoms with Crippen LogP contribution < -0.4 is 0 Å². The van der Waals surface area contributed by atoms with Gasteiger partial charge in [0.25, 0.3) is 0 Å². The average molecular weight is 555 g/mol. The van der Waals surface area contributed by atoms with Crippen molar-refractivity contribution in [2.75, 3.05) is 20.3 Å². The monoisotopic (exact) mass is 554 g/mol. The highest BCUT2D eigenvalue weighted by molar-refractivity contribution is 6.33. The predicted octanol–water partition coefficient (Wildman–Crippen LogP) is 4.55. The number of methoxy groups -OCH3 is 1. The molecule has 1 aromatic rings. The van der Waals surface area contributed by atoms with Crippen LogP contribution in [0.1, 0.15) is 91.6 Å². The van der Waals surface area contributed by atoms with Gasteiger partial charge in [-0.3, -0.25) is 19.2 Å². The second-order valence-corrected chi connectivity index (χ2v) is 11.8. The number of aromatic hydroxyl groups is 2. The number of phenols is 2. The standard InChI is InChI=1S/C31H38O9/c1-16(2)11-12-40-31(3,4)14-23(33)39-15-21(32)17-9-10-18-20(13-17)29(36)25-26(27(18)34)30(37)24-19(28(25)35)7-6-8-22(24)38-5/h7,16-17,34,36H,6,8-15H2,1-5H3. The van der Waals surface area contributed by atoms with Gasteiger partial charge < -0.3 is 24.4 Å². The molecule has 4 rings (SSSR count). The quantitative estimate of drug-likeness (QED) is 0.315. The summed E-state index contributed by atoms with van der Waals surface area (Å²) in [5.74, 6) is -2.44. The van der Waals surface area contributed by atoms with Crippen LogP contribution in [0.2, 0.25) is 0 Å². The third kappa shape index (κ3) is 5.70. The number of ether oxygens (including phenoxy) is 3. The van der Waals surface area contributed by atoms with Crippen molar-refractivity contribution in [3.63, 3.8) is 0 Å². The highest BCUT2D eigenvalue weighted by Crippen LogP contribution is 2.48. The van der Waals surface area contributed by atoms with Crippen LogP contribution in [0.25, 0.3) is 0 Å². The van der Waals surface area contributed by atoms with Crippen molar-refractivity contribution in [2.24, 2.45) is 11.8 Å². The van der Waals surface area contributed by atoms with E-state index in [9.17, 15) is 29.4 Å². The molecule has 9 heteroatoms. The molecule has 0 amide bonds. The molecule has 0 fully saturated rings. The third-order valence-corrected chi connectivity index (χ3v) is 7.88. The molecule has 1 atom stereocenters. The van der Waals surface area contributed by atoms with Gasteiger partial charge >= 0.3 is 5.97 Å². The average Bonchev–Trinajstić information content (AvgIpc) is 2.90. The maximum Gasteiger partial charge on any atom is 0.309 e. The Morgan fingerprint density at radius 3 is 2.40 bits per heavy atom. The zero-order valence-electron chi connectivity index (χ0n) is 23.8. The Bertz CT molecular complexity index is 1310. The summed E-state index contributed by atoms with van der Waals surface area (Å²) in [6, 6.07) is 0. The third-order valence-electron chi connectivity index (χ3n) is 7.88. The highest BCUT2D eigenvalue weighted by Gasteiger charge is 2.43. The summed E-state index contributed by atoms with van der Waals surface area (Å²) < 4.78 is 16.4. The number of carbonyl (C=O) groups is 4. The van der Waals surface area contributed by atoms with E-state index in [1.165, 1.54) is 7.11 Å². The van der Waals surface area contributed by atoms with Crippen molar-refractivity contribution in [3.05, 3.63) is 45.2 Å². The molecule has 40 heavy (non-hydrogen) atoms. The topological polar surface area (TPSA) is 136 Å². The fourth-order valence-corrected chi connectivity index (χ4v) is 5.63. The second kappa shape index (κ2) is 11.6. The molecule has 0 spiro atoms. The van der Waals surface area contributed by atoms with E-state index in [-0.39, 0.29) is 64.4 Å². The Kier molecular flexibility index (Phi) is 8.54. The lowest BCUT2D eigenvalue weighted by Crippen LogP contribution is -2.32. The van der Waals surface area contributed by atoms with Crippen LogP contribution in [0.3, 0.4) is 0 Å². The molecule has 0 saturated carbocycles. The Morgan fingerprint density at radius 1 is 1.05 bits per heavy atom. The number of hydrogen-bond donors (Lipinski definition) is 2. The van der Waals surface area contributed by atoms with E-state index in [1.54, 1.807) is 19.9 Å². The van der Waals surface area contributed by atoms with E-state index in [0.717, 1.165) is 6.42 Å². The minimum Gasteiger partial charge on any atom is -0.507 e. The lowest BCUT2D eigenvalue weighted by atomic mass is 9.73. The minimum atomic E-state index is -0.724. The van der Waals surface area contributed by atoms with Gasteiger partial charge in [-0.1, -0.05) is 19.9 Å². The zero-order chi connectivity index (χ0) is 29.4. The van der Waals surface area contributed by atoms with Crippen molar-refractivity contribution in [2.45, 2.75) is 78.2 Å². The number of carbonyl (C=O) groups excluding carboxylic acids is 4. The van der Waals surface area contributed by atoms with Crippen LogP contribution in [0.4, 0.5) is 0 Å². The van der Waals surface area contributed by atoms with Crippen LogP contribution in [0.15, 0.2) is 23.0 Å². The normalized spacial score (nSPS) is 18.6. The van der Waals surface area contributed by atoms with Crippen LogP contribution in [-0.4, -0.2) is 59.5 Å². The van der Waals surface area contributed by atoms with Crippen molar-refractivity contribution in [1.82, 2.24) is 0 Å². The van der Waals surface area contributed by atoms with Gasteiger partial charge in [0.1, 0.15) is 23.9 Å². The molecular weight excluding hydrogens is 516 g/mol. The number of esters is 1. The van der Waals surface area contributed by atoms with Gasteiger partial charge in [-0.15, -0.1) is 0 Å². The molecular formula is C31H38O9. The van der Waals surface area contributed by atoms with E-state index in [0.29, 0.717) is 43.1 Å². The lowest BCUT2D eigenvalue weighted by Gasteiger charge is -2.31. The Morgan fingerprint density at radius 2 is 1.73 bits per heavy atom. The molecule has 0 aromatic heterocycles. The molecule has 3 aliphatic rings. The summed E-state index contributed by atoms with van der Waals surface area (Å²) in [4.78, 5) is 52.2. The number of ketones is 3. The predicted molar refractivity (Wildman–Crippen MR) is 145 cm³/mol. The van der Waals surface area contributed by atoms with E-state index in [4.69, 9.17) is 14.2 Å². The van der Waals surface area contributed by atoms with Crippen molar-refractivity contribution in [3.8, 4) is 11.5 Å². The van der Waals surface area contributed by atoms with Gasteiger partial charge in [0.05, 0.1) is 35.8 Å². The summed E-state index contributed by atoms with van der Waals surface area (Å²) in [7, 11) is 1.43. The molecule has 0 heterocycles. The molecule has 1 aromatic carbocycles. The first-order valence-corrected chi connectivity index (χ1v) is 13.8. The first-order chi connectivity index (χ1) is 18.9. The summed E-state index contributed by atoms with van der Waals surface area (Å²) in [5.41, 5.74) is -0.292. The van der Waals surface area contributed by atoms with Gasteiger partial charge in [-0.2, -0.15) is 0 Å². The Labute approximate surface area is 234 Å². The molecule has 0 radical (unpaired) electrons. The van der Waals surface area contributed by atoms with Gasteiger partial charge in [-0.25, -0.2) is 0 Å². The van der Waals surface area contributed by atoms with Crippen molar-refractivity contribution >= 4 is 23.3 Å². The Hall–Kier alpha value is -3.46. The van der Waals surface area contributed by atoms with E-state index in [1.807, 2.05) is 0 Å². The van der Waals surface area contributed by atoms with Gasteiger partial charge in [0.2, 0.25) is 5.78 Å². The fourth-order valence-electron chi connectivity index (χ4n) is 5.63. The molecule has 0 bridgehead atoms. The van der Waals surface area contributed by atoms with Crippen molar-refractivity contribution in [1.29, 1.82) is 0 Å². The summed E-state index contributed by atoms with van der Waals surface area (Å²) >= 11 is 0. The van der Waals surface area contributed by atoms with Gasteiger partial charge in [0, 0.05) is 35.6 Å². The first-order valence-electron chi connectivity index (χ1n) is 13.8. The van der Waals surface area contributed by atoms with E-state index in [2.05, 4.69) is 13.8 Å². The molecule has 0 aliphatic heterocycles. The molecule has 2 N–H and O–H groups in total. The maximum atomic E-state index is 13.4. The van der Waals surface area contributed by atoms with Crippen molar-refractivity contribution < 1.29 is 43.6 Å². The zero-order valence-corrected chi connectivity index (χ0v) is 23.8. The summed E-state index contributed by atoms with van der Waals surface area (Å²) in [5, 5.41) is 22.3. The number of phenolic OH excluding ortho intramolecular Hbond substituents is 2. The minimum absolute atomic E-state index is 0.000115. The van der Waals surface area contributed by atoms with Crippen LogP contribution in [0.5, 0.6) is 11.5 Å². The van der Waals surface area contributed by atoms with Gasteiger partial charge in [-0.05, 0) is 51.9 Å². The molecule has 9 nitrogen and oxygen atoms in total. The lowest BCUT2D eigenvalue weighted by molar-refractivity contribution is -0.154. The number of hydrogen-bond acceptors (Lipinski definition) is 9. The second-order valence-electron chi connectivity index (χ2n) is 11.8. The molecule has 3 aliphatic carbocycles. The summed E-state index contributed by atoms with van der Waals surface area (Å²) in [6.45, 7) is 7.88. The highest BCUT2D eigenvalue weighted by atomic mass is 16.5. The maximum absolute atomic E-state index is 13.4. The number of benzene rings is 1. The molecule has 0 saturated heterocycles. The Balaban J connectivity index is 1.49. The SMILES string of the molecule is COC1=C2C(=O)c3c(O)c4c(c(O)c3C(=O)C2=CCC1)CC(C(=O)COC(=O)CC(C)(C)OCCC(C)C)CC4. The molecule has 216 valence electrons. The van der Waals surface area contributed by atoms with Crippen LogP contribution in [-0.2, 0) is 36.6 Å². The fraction of sp³-hybridized carbons (Fsp3) is 0.548. The number of rotatable bonds is 10. The van der Waals surface area contributed by atoms with Crippen LogP contribution in [0, 0.1) is 11.8 Å².